The second kappa shape index (κ2) is 9.47. The van der Waals surface area contributed by atoms with Crippen LogP contribution in [-0.4, -0.2) is 47.5 Å². The van der Waals surface area contributed by atoms with Crippen LogP contribution in [0.3, 0.4) is 0 Å². The molecule has 0 aliphatic rings. The number of benzene rings is 2. The maximum atomic E-state index is 12.7. The van der Waals surface area contributed by atoms with E-state index >= 15 is 0 Å². The van der Waals surface area contributed by atoms with Crippen LogP contribution in [0.4, 0.5) is 0 Å². The van der Waals surface area contributed by atoms with Gasteiger partial charge in [-0.15, -0.1) is 10.2 Å². The number of nitrogens with zero attached hydrogens (tertiary/aromatic N) is 3. The third kappa shape index (κ3) is 5.08. The first-order chi connectivity index (χ1) is 14.0. The van der Waals surface area contributed by atoms with Gasteiger partial charge in [0, 0.05) is 19.7 Å². The molecule has 3 rings (SSSR count). The van der Waals surface area contributed by atoms with Crippen molar-refractivity contribution >= 4 is 17.7 Å². The maximum absolute atomic E-state index is 12.7. The first-order valence-electron chi connectivity index (χ1n) is 9.03. The SMILES string of the molecule is COc1ccc(-c2nnc(S[C@@H](C)C(=O)N(C)Cc3ccccc3)o2)c(OC)c1. The molecule has 0 unspecified atom stereocenters. The molecule has 1 heterocycles. The van der Waals surface area contributed by atoms with Crippen molar-refractivity contribution in [3.63, 3.8) is 0 Å². The lowest BCUT2D eigenvalue weighted by Crippen LogP contribution is -2.32. The highest BCUT2D eigenvalue weighted by molar-refractivity contribution is 8.00. The highest BCUT2D eigenvalue weighted by Gasteiger charge is 2.22. The predicted molar refractivity (Wildman–Crippen MR) is 111 cm³/mol. The van der Waals surface area contributed by atoms with Crippen molar-refractivity contribution in [1.29, 1.82) is 0 Å². The number of carbonyl (C=O) groups excluding carboxylic acids is 1. The van der Waals surface area contributed by atoms with Crippen LogP contribution in [0.1, 0.15) is 12.5 Å². The molecular weight excluding hydrogens is 390 g/mol. The van der Waals surface area contributed by atoms with Crippen molar-refractivity contribution < 1.29 is 18.7 Å². The van der Waals surface area contributed by atoms with Gasteiger partial charge >= 0.3 is 0 Å². The zero-order chi connectivity index (χ0) is 20.8. The molecule has 0 spiro atoms. The number of carbonyl (C=O) groups is 1. The topological polar surface area (TPSA) is 77.7 Å². The number of rotatable bonds is 8. The van der Waals surface area contributed by atoms with Crippen LogP contribution >= 0.6 is 11.8 Å². The molecule has 0 aliphatic carbocycles. The normalized spacial score (nSPS) is 11.7. The first-order valence-corrected chi connectivity index (χ1v) is 9.91. The van der Waals surface area contributed by atoms with Gasteiger partial charge in [-0.3, -0.25) is 4.79 Å². The van der Waals surface area contributed by atoms with Crippen molar-refractivity contribution in [3.05, 3.63) is 54.1 Å². The van der Waals surface area contributed by atoms with Crippen LogP contribution < -0.4 is 9.47 Å². The molecular formula is C21H23N3O4S. The first kappa shape index (κ1) is 20.7. The monoisotopic (exact) mass is 413 g/mol. The van der Waals surface area contributed by atoms with Gasteiger partial charge in [0.25, 0.3) is 11.1 Å². The Bertz CT molecular complexity index is 962. The standard InChI is InChI=1S/C21H23N3O4S/c1-14(20(25)24(2)13-15-8-6-5-7-9-15)29-21-23-22-19(28-21)17-11-10-16(26-3)12-18(17)27-4/h5-12,14H,13H2,1-4H3/t14-/m0/s1. The Morgan fingerprint density at radius 1 is 1.14 bits per heavy atom. The minimum atomic E-state index is -0.366. The summed E-state index contributed by atoms with van der Waals surface area (Å²) < 4.78 is 16.3. The lowest BCUT2D eigenvalue weighted by molar-refractivity contribution is -0.129. The summed E-state index contributed by atoms with van der Waals surface area (Å²) in [5.74, 6) is 1.54. The van der Waals surface area contributed by atoms with Crippen molar-refractivity contribution in [3.8, 4) is 23.0 Å². The molecule has 152 valence electrons. The Balaban J connectivity index is 1.67. The van der Waals surface area contributed by atoms with E-state index in [2.05, 4.69) is 10.2 Å². The van der Waals surface area contributed by atoms with E-state index < -0.39 is 0 Å². The van der Waals surface area contributed by atoms with Crippen molar-refractivity contribution in [2.75, 3.05) is 21.3 Å². The quantitative estimate of drug-likeness (QED) is 0.518. The van der Waals surface area contributed by atoms with Gasteiger partial charge < -0.3 is 18.8 Å². The van der Waals surface area contributed by atoms with Gasteiger partial charge in [0.1, 0.15) is 11.5 Å². The van der Waals surface area contributed by atoms with Crippen LogP contribution in [0.15, 0.2) is 58.2 Å². The van der Waals surface area contributed by atoms with Gasteiger partial charge in [-0.2, -0.15) is 0 Å². The molecule has 0 N–H and O–H groups in total. The van der Waals surface area contributed by atoms with Crippen molar-refractivity contribution in [2.24, 2.45) is 0 Å². The number of methoxy groups -OCH3 is 2. The van der Waals surface area contributed by atoms with Gasteiger partial charge in [-0.1, -0.05) is 42.1 Å². The molecule has 2 aromatic carbocycles. The van der Waals surface area contributed by atoms with E-state index in [0.29, 0.717) is 34.7 Å². The molecule has 1 atom stereocenters. The minimum Gasteiger partial charge on any atom is -0.497 e. The Morgan fingerprint density at radius 3 is 2.59 bits per heavy atom. The van der Waals surface area contributed by atoms with Gasteiger partial charge in [0.05, 0.1) is 25.0 Å². The number of thioether (sulfide) groups is 1. The zero-order valence-electron chi connectivity index (χ0n) is 16.8. The van der Waals surface area contributed by atoms with Crippen LogP contribution in [-0.2, 0) is 11.3 Å². The summed E-state index contributed by atoms with van der Waals surface area (Å²) in [6.45, 7) is 2.37. The van der Waals surface area contributed by atoms with Gasteiger partial charge in [0.15, 0.2) is 0 Å². The van der Waals surface area contributed by atoms with Crippen LogP contribution in [0, 0.1) is 0 Å². The molecule has 0 radical (unpaired) electrons. The van der Waals surface area contributed by atoms with Crippen LogP contribution in [0.25, 0.3) is 11.5 Å². The van der Waals surface area contributed by atoms with E-state index in [4.69, 9.17) is 13.9 Å². The molecule has 0 bridgehead atoms. The summed E-state index contributed by atoms with van der Waals surface area (Å²) in [6, 6.07) is 15.2. The fraction of sp³-hybridized carbons (Fsp3) is 0.286. The number of hydrogen-bond acceptors (Lipinski definition) is 7. The van der Waals surface area contributed by atoms with Gasteiger partial charge in [-0.25, -0.2) is 0 Å². The highest BCUT2D eigenvalue weighted by atomic mass is 32.2. The Labute approximate surface area is 174 Å². The van der Waals surface area contributed by atoms with Crippen LogP contribution in [0.5, 0.6) is 11.5 Å². The molecule has 0 saturated carbocycles. The largest absolute Gasteiger partial charge is 0.497 e. The molecule has 8 heteroatoms. The average molecular weight is 413 g/mol. The lowest BCUT2D eigenvalue weighted by atomic mass is 10.2. The molecule has 1 amide bonds. The fourth-order valence-corrected chi connectivity index (χ4v) is 3.59. The average Bonchev–Trinajstić information content (AvgIpc) is 3.21. The summed E-state index contributed by atoms with van der Waals surface area (Å²) >= 11 is 1.23. The molecule has 0 saturated heterocycles. The summed E-state index contributed by atoms with van der Waals surface area (Å²) in [5, 5.41) is 8.12. The van der Waals surface area contributed by atoms with Crippen molar-refractivity contribution in [2.45, 2.75) is 23.9 Å². The van der Waals surface area contributed by atoms with E-state index in [9.17, 15) is 4.79 Å². The molecule has 3 aromatic rings. The third-order valence-electron chi connectivity index (χ3n) is 4.31. The summed E-state index contributed by atoms with van der Waals surface area (Å²) in [4.78, 5) is 14.4. The molecule has 1 aromatic heterocycles. The van der Waals surface area contributed by atoms with Crippen molar-refractivity contribution in [1.82, 2.24) is 15.1 Å². The second-order valence-corrected chi connectivity index (χ2v) is 7.67. The fourth-order valence-electron chi connectivity index (χ4n) is 2.79. The van der Waals surface area contributed by atoms with E-state index in [-0.39, 0.29) is 11.2 Å². The number of amides is 1. The molecule has 0 aliphatic heterocycles. The smallest absolute Gasteiger partial charge is 0.277 e. The van der Waals surface area contributed by atoms with Crippen LogP contribution in [0.2, 0.25) is 0 Å². The number of aromatic nitrogens is 2. The Hall–Kier alpha value is -3.00. The highest BCUT2D eigenvalue weighted by Crippen LogP contribution is 2.34. The summed E-state index contributed by atoms with van der Waals surface area (Å²) in [7, 11) is 4.94. The Morgan fingerprint density at radius 2 is 1.90 bits per heavy atom. The van der Waals surface area contributed by atoms with E-state index in [1.54, 1.807) is 44.4 Å². The Kier molecular flexibility index (Phi) is 6.77. The molecule has 0 fully saturated rings. The predicted octanol–water partition coefficient (Wildman–Crippen LogP) is 3.89. The lowest BCUT2D eigenvalue weighted by Gasteiger charge is -2.20. The van der Waals surface area contributed by atoms with E-state index in [1.807, 2.05) is 37.3 Å². The molecule has 29 heavy (non-hydrogen) atoms. The third-order valence-corrected chi connectivity index (χ3v) is 5.23. The van der Waals surface area contributed by atoms with Gasteiger partial charge in [-0.05, 0) is 24.6 Å². The zero-order valence-corrected chi connectivity index (χ0v) is 17.6. The summed E-state index contributed by atoms with van der Waals surface area (Å²) in [6.07, 6.45) is 0. The number of hydrogen-bond donors (Lipinski definition) is 0. The van der Waals surface area contributed by atoms with Gasteiger partial charge in [0.2, 0.25) is 5.91 Å². The minimum absolute atomic E-state index is 0.0133. The molecule has 7 nitrogen and oxygen atoms in total. The van der Waals surface area contributed by atoms with E-state index in [0.717, 1.165) is 5.56 Å². The summed E-state index contributed by atoms with van der Waals surface area (Å²) in [5.41, 5.74) is 1.74. The number of ether oxygens (including phenoxy) is 2. The second-order valence-electron chi connectivity index (χ2n) is 6.38. The van der Waals surface area contributed by atoms with E-state index in [1.165, 1.54) is 11.8 Å². The maximum Gasteiger partial charge on any atom is 0.277 e.